The Kier molecular flexibility index (Phi) is 8.83. The van der Waals surface area contributed by atoms with E-state index in [9.17, 15) is 9.90 Å². The molecule has 3 aliphatic rings. The number of aryl methyl sites for hydroxylation is 2. The van der Waals surface area contributed by atoms with Gasteiger partial charge in [0.25, 0.3) is 0 Å². The summed E-state index contributed by atoms with van der Waals surface area (Å²) < 4.78 is 2.23. The minimum Gasteiger partial charge on any atom is -0.480 e. The van der Waals surface area contributed by atoms with Crippen LogP contribution in [-0.4, -0.2) is 68.9 Å². The van der Waals surface area contributed by atoms with Crippen molar-refractivity contribution in [1.82, 2.24) is 19.6 Å². The predicted molar refractivity (Wildman–Crippen MR) is 168 cm³/mol. The maximum Gasteiger partial charge on any atom is 0.320 e. The molecule has 4 atom stereocenters. The van der Waals surface area contributed by atoms with Crippen molar-refractivity contribution < 1.29 is 9.90 Å². The van der Waals surface area contributed by atoms with Crippen LogP contribution in [0.3, 0.4) is 0 Å². The predicted octanol–water partition coefficient (Wildman–Crippen LogP) is 6.34. The number of carbonyl (C=O) groups is 1. The summed E-state index contributed by atoms with van der Waals surface area (Å²) in [5.41, 5.74) is 6.53. The summed E-state index contributed by atoms with van der Waals surface area (Å²) in [6, 6.07) is 21.8. The summed E-state index contributed by atoms with van der Waals surface area (Å²) >= 11 is 0. The Bertz CT molecular complexity index is 1340. The molecule has 3 aromatic rings. The fraction of sp³-hybridized carbons (Fsp3) is 0.556. The Balaban J connectivity index is 1.15. The highest BCUT2D eigenvalue weighted by molar-refractivity contribution is 5.73. The van der Waals surface area contributed by atoms with Gasteiger partial charge in [-0.05, 0) is 82.2 Å². The van der Waals surface area contributed by atoms with Gasteiger partial charge in [-0.2, -0.15) is 5.10 Å². The molecule has 1 aliphatic carbocycles. The zero-order chi connectivity index (χ0) is 29.2. The normalized spacial score (nSPS) is 24.7. The molecule has 6 rings (SSSR count). The van der Waals surface area contributed by atoms with Crippen LogP contribution in [0.5, 0.6) is 0 Å². The van der Waals surface area contributed by atoms with Crippen LogP contribution in [0.4, 0.5) is 0 Å². The first kappa shape index (κ1) is 29.1. The summed E-state index contributed by atoms with van der Waals surface area (Å²) in [4.78, 5) is 17.5. The number of carboxylic acid groups (broad SMARTS) is 1. The minimum absolute atomic E-state index is 0.246. The van der Waals surface area contributed by atoms with Crippen LogP contribution in [0, 0.1) is 18.8 Å². The Hall–Kier alpha value is -2.96. The molecule has 0 bridgehead atoms. The second-order valence-electron chi connectivity index (χ2n) is 13.3. The van der Waals surface area contributed by atoms with E-state index < -0.39 is 5.97 Å². The summed E-state index contributed by atoms with van der Waals surface area (Å²) in [7, 11) is 0. The number of hydrogen-bond donors (Lipinski definition) is 1. The molecule has 0 spiro atoms. The lowest BCUT2D eigenvalue weighted by Gasteiger charge is -2.37. The lowest BCUT2D eigenvalue weighted by atomic mass is 9.84. The molecule has 1 aromatic heterocycles. The first-order valence-electron chi connectivity index (χ1n) is 16.3. The Morgan fingerprint density at radius 3 is 2.45 bits per heavy atom. The van der Waals surface area contributed by atoms with Crippen molar-refractivity contribution in [3.8, 4) is 0 Å². The Morgan fingerprint density at radius 1 is 1.02 bits per heavy atom. The number of aromatic nitrogens is 2. The first-order chi connectivity index (χ1) is 20.4. The van der Waals surface area contributed by atoms with E-state index in [1.165, 1.54) is 40.9 Å². The smallest absolute Gasteiger partial charge is 0.320 e. The van der Waals surface area contributed by atoms with Gasteiger partial charge >= 0.3 is 5.97 Å². The highest BCUT2D eigenvalue weighted by atomic mass is 16.4. The molecule has 224 valence electrons. The summed E-state index contributed by atoms with van der Waals surface area (Å²) in [6.45, 7) is 11.6. The van der Waals surface area contributed by atoms with Gasteiger partial charge in [0.15, 0.2) is 0 Å². The Morgan fingerprint density at radius 2 is 1.79 bits per heavy atom. The highest BCUT2D eigenvalue weighted by Crippen LogP contribution is 2.43. The summed E-state index contributed by atoms with van der Waals surface area (Å²) in [5, 5.41) is 15.2. The van der Waals surface area contributed by atoms with Gasteiger partial charge in [-0.25, -0.2) is 0 Å². The van der Waals surface area contributed by atoms with Gasteiger partial charge in [-0.3, -0.25) is 14.4 Å². The molecule has 6 heteroatoms. The van der Waals surface area contributed by atoms with E-state index in [-0.39, 0.29) is 12.1 Å². The number of benzene rings is 2. The standard InChI is InChI=1S/C36H48N4O2/c1-4-40-34(22-31(37-40)20-27-10-6-5-7-11-27)29-15-17-38(18-16-29)23-32-26(3)39(35(36(41)42)21-28-13-14-28)24-33(32)30-12-8-9-25(2)19-30/h5-12,19,22,26,28-29,32-33,35H,4,13-18,20-21,23-24H2,1-3H3,(H,41,42). The monoisotopic (exact) mass is 568 g/mol. The van der Waals surface area contributed by atoms with E-state index in [0.29, 0.717) is 23.7 Å². The van der Waals surface area contributed by atoms with Crippen LogP contribution in [-0.2, 0) is 17.8 Å². The van der Waals surface area contributed by atoms with E-state index in [1.54, 1.807) is 0 Å². The highest BCUT2D eigenvalue weighted by Gasteiger charge is 2.46. The molecule has 6 nitrogen and oxygen atoms in total. The van der Waals surface area contributed by atoms with Crippen LogP contribution < -0.4 is 0 Å². The largest absolute Gasteiger partial charge is 0.480 e. The average molecular weight is 569 g/mol. The number of nitrogens with zero attached hydrogens (tertiary/aromatic N) is 4. The summed E-state index contributed by atoms with van der Waals surface area (Å²) in [6.07, 6.45) is 6.36. The maximum absolute atomic E-state index is 12.5. The van der Waals surface area contributed by atoms with Crippen molar-refractivity contribution >= 4 is 5.97 Å². The average Bonchev–Trinajstić information content (AvgIpc) is 3.65. The molecular weight excluding hydrogens is 520 g/mol. The first-order valence-corrected chi connectivity index (χ1v) is 16.3. The van der Waals surface area contributed by atoms with Crippen molar-refractivity contribution in [2.45, 2.75) is 89.8 Å². The molecule has 2 saturated heterocycles. The van der Waals surface area contributed by atoms with Gasteiger partial charge in [-0.1, -0.05) is 73.0 Å². The lowest BCUT2D eigenvalue weighted by molar-refractivity contribution is -0.144. The lowest BCUT2D eigenvalue weighted by Crippen LogP contribution is -2.46. The second kappa shape index (κ2) is 12.7. The molecule has 0 radical (unpaired) electrons. The van der Waals surface area contributed by atoms with Crippen molar-refractivity contribution in [2.24, 2.45) is 11.8 Å². The van der Waals surface area contributed by atoms with Crippen molar-refractivity contribution in [2.75, 3.05) is 26.2 Å². The van der Waals surface area contributed by atoms with Gasteiger partial charge in [-0.15, -0.1) is 0 Å². The third kappa shape index (κ3) is 6.50. The van der Waals surface area contributed by atoms with Gasteiger partial charge < -0.3 is 10.0 Å². The topological polar surface area (TPSA) is 61.6 Å². The van der Waals surface area contributed by atoms with Crippen LogP contribution in [0.2, 0.25) is 0 Å². The number of aliphatic carboxylic acids is 1. The van der Waals surface area contributed by atoms with E-state index in [1.807, 2.05) is 0 Å². The molecule has 42 heavy (non-hydrogen) atoms. The van der Waals surface area contributed by atoms with Gasteiger partial charge in [0, 0.05) is 49.6 Å². The quantitative estimate of drug-likeness (QED) is 0.293. The molecule has 0 amide bonds. The van der Waals surface area contributed by atoms with Crippen LogP contribution in [0.1, 0.15) is 85.9 Å². The maximum atomic E-state index is 12.5. The molecule has 3 fully saturated rings. The fourth-order valence-electron chi connectivity index (χ4n) is 7.77. The van der Waals surface area contributed by atoms with Crippen LogP contribution in [0.25, 0.3) is 0 Å². The van der Waals surface area contributed by atoms with Crippen LogP contribution in [0.15, 0.2) is 60.7 Å². The molecule has 2 aromatic carbocycles. The molecule has 2 aliphatic heterocycles. The zero-order valence-electron chi connectivity index (χ0n) is 25.7. The van der Waals surface area contributed by atoms with Crippen molar-refractivity contribution in [3.05, 3.63) is 88.7 Å². The van der Waals surface area contributed by atoms with E-state index in [2.05, 4.69) is 95.9 Å². The summed E-state index contributed by atoms with van der Waals surface area (Å²) in [5.74, 6) is 1.28. The van der Waals surface area contributed by atoms with Gasteiger partial charge in [0.2, 0.25) is 0 Å². The minimum atomic E-state index is -0.641. The molecule has 1 N–H and O–H groups in total. The van der Waals surface area contributed by atoms with Crippen LogP contribution >= 0.6 is 0 Å². The third-order valence-corrected chi connectivity index (χ3v) is 10.3. The number of rotatable bonds is 11. The molecule has 3 heterocycles. The Labute approximate surface area is 251 Å². The van der Waals surface area contributed by atoms with Crippen molar-refractivity contribution in [3.63, 3.8) is 0 Å². The SMILES string of the molecule is CCn1nc(Cc2ccccc2)cc1C1CCN(CC2C(c3cccc(C)c3)CN(C(CC3CC3)C(=O)O)C2C)CC1. The number of likely N-dealkylation sites (tertiary alicyclic amines) is 2. The number of piperidine rings is 1. The zero-order valence-corrected chi connectivity index (χ0v) is 25.7. The van der Waals surface area contributed by atoms with E-state index in [4.69, 9.17) is 5.10 Å². The van der Waals surface area contributed by atoms with Crippen molar-refractivity contribution in [1.29, 1.82) is 0 Å². The van der Waals surface area contributed by atoms with E-state index >= 15 is 0 Å². The number of carboxylic acids is 1. The molecule has 1 saturated carbocycles. The van der Waals surface area contributed by atoms with Gasteiger partial charge in [0.1, 0.15) is 6.04 Å². The van der Waals surface area contributed by atoms with Gasteiger partial charge in [0.05, 0.1) is 5.69 Å². The van der Waals surface area contributed by atoms with E-state index in [0.717, 1.165) is 58.4 Å². The second-order valence-corrected chi connectivity index (χ2v) is 13.3. The molecular formula is C36H48N4O2. The fourth-order valence-corrected chi connectivity index (χ4v) is 7.77. The molecule has 4 unspecified atom stereocenters. The number of hydrogen-bond acceptors (Lipinski definition) is 4. The third-order valence-electron chi connectivity index (χ3n) is 10.3.